The molecule has 4 atom stereocenters. The van der Waals surface area contributed by atoms with Gasteiger partial charge >= 0.3 is 5.97 Å². The average molecular weight is 460 g/mol. The largest absolute Gasteiger partial charge is 0.482 e. The lowest BCUT2D eigenvalue weighted by molar-refractivity contribution is -0.139. The number of ether oxygens (including phenoxy) is 2. The minimum absolute atomic E-state index is 0.132. The number of aliphatic hydroxyl groups is 3. The smallest absolute Gasteiger partial charge is 0.341 e. The van der Waals surface area contributed by atoms with Crippen LogP contribution in [-0.2, 0) is 16.0 Å². The van der Waals surface area contributed by atoms with Gasteiger partial charge in [-0.15, -0.1) is 0 Å². The number of rotatable bonds is 9. The van der Waals surface area contributed by atoms with Gasteiger partial charge in [0.15, 0.2) is 24.3 Å². The number of carbonyl (C=O) groups is 1. The standard InChI is InChI=1S/C20H24N6O7/c21-17-14-18(26(9-23-14)19-16(31)15(30)12(7-27)33-19)25-20(24-17)22-6-5-10-1-3-11(4-2-10)32-8-13(28)29/h1-4,9,12,15-16,19,27,30-31H,5-8H2,(H,28,29)(H3,21,22,24,25)/t12-,15-,16-,19-/m1/s1. The van der Waals surface area contributed by atoms with Crippen LogP contribution in [0.4, 0.5) is 11.8 Å². The number of carboxylic acids is 1. The van der Waals surface area contributed by atoms with E-state index < -0.39 is 43.7 Å². The minimum atomic E-state index is -1.28. The van der Waals surface area contributed by atoms with Gasteiger partial charge in [0.2, 0.25) is 5.95 Å². The van der Waals surface area contributed by atoms with Crippen molar-refractivity contribution in [3.05, 3.63) is 36.2 Å². The Morgan fingerprint density at radius 2 is 1.97 bits per heavy atom. The molecule has 1 aliphatic heterocycles. The van der Waals surface area contributed by atoms with Crippen molar-refractivity contribution in [2.24, 2.45) is 0 Å². The topological polar surface area (TPSA) is 198 Å². The molecular formula is C20H24N6O7. The highest BCUT2D eigenvalue weighted by Gasteiger charge is 2.44. The Balaban J connectivity index is 1.44. The normalized spacial score (nSPS) is 22.5. The van der Waals surface area contributed by atoms with Crippen LogP contribution in [0.1, 0.15) is 11.8 Å². The van der Waals surface area contributed by atoms with Crippen molar-refractivity contribution >= 4 is 28.9 Å². The summed E-state index contributed by atoms with van der Waals surface area (Å²) in [5, 5.41) is 41.4. The molecule has 0 bridgehead atoms. The van der Waals surface area contributed by atoms with Crippen molar-refractivity contribution in [2.45, 2.75) is 31.0 Å². The molecule has 1 aromatic carbocycles. The van der Waals surface area contributed by atoms with Crippen molar-refractivity contribution < 1.29 is 34.7 Å². The van der Waals surface area contributed by atoms with Crippen LogP contribution >= 0.6 is 0 Å². The lowest BCUT2D eigenvalue weighted by atomic mass is 10.1. The number of nitrogens with two attached hydrogens (primary N) is 1. The third-order valence-corrected chi connectivity index (χ3v) is 5.22. The maximum atomic E-state index is 10.6. The summed E-state index contributed by atoms with van der Waals surface area (Å²) in [5.41, 5.74) is 7.62. The summed E-state index contributed by atoms with van der Waals surface area (Å²) in [7, 11) is 0. The Labute approximate surface area is 187 Å². The molecule has 0 unspecified atom stereocenters. The fourth-order valence-corrected chi connectivity index (χ4v) is 3.53. The molecule has 0 aliphatic carbocycles. The number of aliphatic carboxylic acids is 1. The summed E-state index contributed by atoms with van der Waals surface area (Å²) in [6, 6.07) is 7.04. The van der Waals surface area contributed by atoms with Crippen LogP contribution in [0.15, 0.2) is 30.6 Å². The SMILES string of the molecule is Nc1nc(NCCc2ccc(OCC(=O)O)cc2)nc2c1ncn2[C@@H]1O[C@H](CO)[C@@H](O)[C@H]1O. The first-order valence-electron chi connectivity index (χ1n) is 10.2. The van der Waals surface area contributed by atoms with Gasteiger partial charge in [-0.1, -0.05) is 12.1 Å². The van der Waals surface area contributed by atoms with Crippen molar-refractivity contribution in [3.63, 3.8) is 0 Å². The summed E-state index contributed by atoms with van der Waals surface area (Å²) in [4.78, 5) is 23.4. The third kappa shape index (κ3) is 4.80. The van der Waals surface area contributed by atoms with Crippen molar-refractivity contribution in [3.8, 4) is 5.75 Å². The molecule has 2 aromatic heterocycles. The first-order chi connectivity index (χ1) is 15.9. The van der Waals surface area contributed by atoms with Crippen molar-refractivity contribution in [2.75, 3.05) is 30.8 Å². The lowest BCUT2D eigenvalue weighted by Crippen LogP contribution is -2.33. The van der Waals surface area contributed by atoms with Gasteiger partial charge in [-0.3, -0.25) is 4.57 Å². The summed E-state index contributed by atoms with van der Waals surface area (Å²) < 4.78 is 12.1. The van der Waals surface area contributed by atoms with Gasteiger partial charge < -0.3 is 41.0 Å². The molecule has 0 amide bonds. The van der Waals surface area contributed by atoms with Crippen LogP contribution in [-0.4, -0.2) is 84.0 Å². The second kappa shape index (κ2) is 9.54. The molecule has 0 spiro atoms. The quantitative estimate of drug-likeness (QED) is 0.231. The first kappa shape index (κ1) is 22.7. The van der Waals surface area contributed by atoms with E-state index in [-0.39, 0.29) is 11.8 Å². The van der Waals surface area contributed by atoms with Gasteiger partial charge in [-0.25, -0.2) is 9.78 Å². The van der Waals surface area contributed by atoms with E-state index in [2.05, 4.69) is 20.3 Å². The van der Waals surface area contributed by atoms with Crippen LogP contribution in [0.2, 0.25) is 0 Å². The average Bonchev–Trinajstić information content (AvgIpc) is 3.34. The number of aromatic nitrogens is 4. The molecule has 13 heteroatoms. The second-order valence-corrected chi connectivity index (χ2v) is 7.49. The molecule has 3 aromatic rings. The molecule has 1 fully saturated rings. The second-order valence-electron chi connectivity index (χ2n) is 7.49. The van der Waals surface area contributed by atoms with E-state index >= 15 is 0 Å². The zero-order valence-corrected chi connectivity index (χ0v) is 17.4. The summed E-state index contributed by atoms with van der Waals surface area (Å²) in [6.07, 6.45) is -2.46. The van der Waals surface area contributed by atoms with E-state index in [1.54, 1.807) is 12.1 Å². The van der Waals surface area contributed by atoms with Gasteiger partial charge in [0.1, 0.15) is 29.6 Å². The zero-order valence-electron chi connectivity index (χ0n) is 17.4. The summed E-state index contributed by atoms with van der Waals surface area (Å²) in [5.74, 6) is -0.198. The highest BCUT2D eigenvalue weighted by atomic mass is 16.6. The number of fused-ring (bicyclic) bond motifs is 1. The van der Waals surface area contributed by atoms with E-state index in [4.69, 9.17) is 20.3 Å². The number of anilines is 2. The van der Waals surface area contributed by atoms with E-state index in [1.165, 1.54) is 10.9 Å². The molecule has 176 valence electrons. The summed E-state index contributed by atoms with van der Waals surface area (Å²) in [6.45, 7) is -0.374. The monoisotopic (exact) mass is 460 g/mol. The maximum absolute atomic E-state index is 10.6. The molecule has 7 N–H and O–H groups in total. The highest BCUT2D eigenvalue weighted by molar-refractivity contribution is 5.83. The van der Waals surface area contributed by atoms with Crippen molar-refractivity contribution in [1.82, 2.24) is 19.5 Å². The van der Waals surface area contributed by atoms with Crippen LogP contribution in [0.5, 0.6) is 5.75 Å². The lowest BCUT2D eigenvalue weighted by Gasteiger charge is -2.16. The van der Waals surface area contributed by atoms with Gasteiger partial charge in [-0.05, 0) is 24.1 Å². The Hall–Kier alpha value is -3.52. The molecule has 0 saturated carbocycles. The van der Waals surface area contributed by atoms with E-state index in [0.29, 0.717) is 29.9 Å². The minimum Gasteiger partial charge on any atom is -0.482 e. The molecule has 1 saturated heterocycles. The molecule has 13 nitrogen and oxygen atoms in total. The zero-order chi connectivity index (χ0) is 23.5. The van der Waals surface area contributed by atoms with E-state index in [0.717, 1.165) is 5.56 Å². The molecule has 4 rings (SSSR count). The molecule has 1 aliphatic rings. The number of hydrogen-bond donors (Lipinski definition) is 6. The first-order valence-corrected chi connectivity index (χ1v) is 10.2. The predicted molar refractivity (Wildman–Crippen MR) is 115 cm³/mol. The Morgan fingerprint density at radius 3 is 2.64 bits per heavy atom. The number of benzene rings is 1. The van der Waals surface area contributed by atoms with Crippen molar-refractivity contribution in [1.29, 1.82) is 0 Å². The van der Waals surface area contributed by atoms with Crippen LogP contribution in [0.25, 0.3) is 11.2 Å². The van der Waals surface area contributed by atoms with E-state index in [1.807, 2.05) is 12.1 Å². The molecule has 0 radical (unpaired) electrons. The number of hydrogen-bond acceptors (Lipinski definition) is 11. The van der Waals surface area contributed by atoms with Crippen LogP contribution in [0, 0.1) is 0 Å². The highest BCUT2D eigenvalue weighted by Crippen LogP contribution is 2.32. The number of nitrogens with one attached hydrogen (secondary N) is 1. The number of nitrogen functional groups attached to an aromatic ring is 1. The number of aliphatic hydroxyl groups excluding tert-OH is 3. The maximum Gasteiger partial charge on any atom is 0.341 e. The summed E-state index contributed by atoms with van der Waals surface area (Å²) >= 11 is 0. The van der Waals surface area contributed by atoms with Crippen LogP contribution in [0.3, 0.4) is 0 Å². The van der Waals surface area contributed by atoms with Gasteiger partial charge in [0, 0.05) is 6.54 Å². The predicted octanol–water partition coefficient (Wildman–Crippen LogP) is -0.862. The Bertz CT molecular complexity index is 1120. The van der Waals surface area contributed by atoms with E-state index in [9.17, 15) is 20.1 Å². The number of carboxylic acid groups (broad SMARTS) is 1. The van der Waals surface area contributed by atoms with Gasteiger partial charge in [-0.2, -0.15) is 9.97 Å². The van der Waals surface area contributed by atoms with Gasteiger partial charge in [0.25, 0.3) is 0 Å². The third-order valence-electron chi connectivity index (χ3n) is 5.22. The van der Waals surface area contributed by atoms with Gasteiger partial charge in [0.05, 0.1) is 12.9 Å². The Morgan fingerprint density at radius 1 is 1.21 bits per heavy atom. The number of nitrogens with zero attached hydrogens (tertiary/aromatic N) is 4. The Kier molecular flexibility index (Phi) is 6.55. The van der Waals surface area contributed by atoms with Crippen LogP contribution < -0.4 is 15.8 Å². The fraction of sp³-hybridized carbons (Fsp3) is 0.400. The molecule has 33 heavy (non-hydrogen) atoms. The number of imidazole rings is 1. The molecule has 3 heterocycles. The fourth-order valence-electron chi connectivity index (χ4n) is 3.53. The molecular weight excluding hydrogens is 436 g/mol.